The largest absolute Gasteiger partial charge is 0.328 e. The number of hydrogen-bond acceptors (Lipinski definition) is 5. The summed E-state index contributed by atoms with van der Waals surface area (Å²) in [5.74, 6) is 0.626. The van der Waals surface area contributed by atoms with Gasteiger partial charge in [-0.15, -0.1) is 10.2 Å². The summed E-state index contributed by atoms with van der Waals surface area (Å²) in [5.41, 5.74) is 3.89. The van der Waals surface area contributed by atoms with E-state index in [0.717, 1.165) is 41.4 Å². The molecule has 1 N–H and O–H groups in total. The van der Waals surface area contributed by atoms with Gasteiger partial charge >= 0.3 is 0 Å². The number of tetrazole rings is 1. The Morgan fingerprint density at radius 2 is 1.81 bits per heavy atom. The maximum Gasteiger partial charge on any atom is 0.223 e. The molecule has 7 heteroatoms. The number of unbranched alkanes of at least 4 members (excludes halogenated alkanes) is 1. The Balaban J connectivity index is 1.85. The molecule has 0 radical (unpaired) electrons. The van der Waals surface area contributed by atoms with Crippen LogP contribution in [0, 0.1) is 5.92 Å². The van der Waals surface area contributed by atoms with Crippen molar-refractivity contribution >= 4 is 12.2 Å². The third-order valence-corrected chi connectivity index (χ3v) is 5.38. The summed E-state index contributed by atoms with van der Waals surface area (Å²) in [6, 6.07) is 15.5. The van der Waals surface area contributed by atoms with E-state index in [1.54, 1.807) is 4.90 Å². The van der Waals surface area contributed by atoms with E-state index in [4.69, 9.17) is 0 Å². The van der Waals surface area contributed by atoms with E-state index in [0.29, 0.717) is 18.8 Å². The van der Waals surface area contributed by atoms with E-state index in [2.05, 4.69) is 27.5 Å². The van der Waals surface area contributed by atoms with Gasteiger partial charge < -0.3 is 9.69 Å². The maximum atomic E-state index is 12.8. The number of aromatic nitrogens is 4. The molecule has 0 saturated heterocycles. The lowest BCUT2D eigenvalue weighted by Crippen LogP contribution is -2.43. The van der Waals surface area contributed by atoms with Crippen molar-refractivity contribution in [2.45, 2.75) is 52.6 Å². The lowest BCUT2D eigenvalue weighted by molar-refractivity contribution is -0.138. The van der Waals surface area contributed by atoms with Gasteiger partial charge in [0.25, 0.3) is 0 Å². The molecule has 0 saturated carbocycles. The van der Waals surface area contributed by atoms with Gasteiger partial charge in [0.2, 0.25) is 11.7 Å². The molecule has 31 heavy (non-hydrogen) atoms. The van der Waals surface area contributed by atoms with Crippen LogP contribution in [-0.4, -0.2) is 43.8 Å². The molecular weight excluding hydrogens is 390 g/mol. The van der Waals surface area contributed by atoms with Crippen molar-refractivity contribution in [1.29, 1.82) is 0 Å². The van der Waals surface area contributed by atoms with Gasteiger partial charge in [0.15, 0.2) is 0 Å². The van der Waals surface area contributed by atoms with Crippen LogP contribution in [0.25, 0.3) is 22.5 Å². The van der Waals surface area contributed by atoms with Crippen LogP contribution in [0.3, 0.4) is 0 Å². The highest BCUT2D eigenvalue weighted by Crippen LogP contribution is 2.30. The van der Waals surface area contributed by atoms with Gasteiger partial charge in [0.05, 0.1) is 6.04 Å². The molecule has 7 nitrogen and oxygen atoms in total. The van der Waals surface area contributed by atoms with Gasteiger partial charge in [-0.1, -0.05) is 75.7 Å². The van der Waals surface area contributed by atoms with Gasteiger partial charge in [0.1, 0.15) is 6.29 Å². The van der Waals surface area contributed by atoms with E-state index in [-0.39, 0.29) is 11.8 Å². The van der Waals surface area contributed by atoms with E-state index < -0.39 is 6.04 Å². The van der Waals surface area contributed by atoms with Crippen LogP contribution in [0.5, 0.6) is 0 Å². The minimum atomic E-state index is -0.428. The first-order valence-electron chi connectivity index (χ1n) is 10.7. The molecule has 3 rings (SSSR count). The highest BCUT2D eigenvalue weighted by molar-refractivity contribution is 5.81. The predicted molar refractivity (Wildman–Crippen MR) is 120 cm³/mol. The van der Waals surface area contributed by atoms with Crippen molar-refractivity contribution < 1.29 is 9.59 Å². The summed E-state index contributed by atoms with van der Waals surface area (Å²) in [6.45, 7) is 6.41. The highest BCUT2D eigenvalue weighted by Gasteiger charge is 2.25. The Labute approximate surface area is 182 Å². The van der Waals surface area contributed by atoms with Gasteiger partial charge in [-0.25, -0.2) is 0 Å². The lowest BCUT2D eigenvalue weighted by atomic mass is 9.97. The van der Waals surface area contributed by atoms with Crippen molar-refractivity contribution in [1.82, 2.24) is 25.5 Å². The molecule has 0 aliphatic rings. The lowest BCUT2D eigenvalue weighted by Gasteiger charge is -2.31. The first kappa shape index (κ1) is 22.3. The minimum absolute atomic E-state index is 0.0270. The number of nitrogens with one attached hydrogen (secondary N) is 1. The normalized spacial score (nSPS) is 12.0. The summed E-state index contributed by atoms with van der Waals surface area (Å²) in [4.78, 5) is 26.3. The Bertz CT molecular complexity index is 983. The molecular formula is C24H29N5O2. The fourth-order valence-electron chi connectivity index (χ4n) is 3.61. The number of H-pyrrole nitrogens is 1. The topological polar surface area (TPSA) is 91.8 Å². The summed E-state index contributed by atoms with van der Waals surface area (Å²) < 4.78 is 0. The molecule has 2 aromatic carbocycles. The molecule has 1 atom stereocenters. The zero-order valence-electron chi connectivity index (χ0n) is 18.3. The second-order valence-corrected chi connectivity index (χ2v) is 7.97. The Hall–Kier alpha value is -3.35. The predicted octanol–water partition coefficient (Wildman–Crippen LogP) is 4.28. The average molecular weight is 420 g/mol. The first-order chi connectivity index (χ1) is 15.0. The van der Waals surface area contributed by atoms with Crippen LogP contribution in [0.1, 0.15) is 45.6 Å². The smallest absolute Gasteiger partial charge is 0.223 e. The number of carbonyl (C=O) groups is 2. The highest BCUT2D eigenvalue weighted by atomic mass is 16.2. The fraction of sp³-hybridized carbons (Fsp3) is 0.375. The average Bonchev–Trinajstić information content (AvgIpc) is 3.32. The molecule has 1 aromatic heterocycles. The van der Waals surface area contributed by atoms with Gasteiger partial charge in [-0.3, -0.25) is 4.79 Å². The van der Waals surface area contributed by atoms with Crippen molar-refractivity contribution in [3.05, 3.63) is 54.1 Å². The van der Waals surface area contributed by atoms with Crippen molar-refractivity contribution in [2.24, 2.45) is 5.92 Å². The van der Waals surface area contributed by atoms with E-state index >= 15 is 0 Å². The SMILES string of the molecule is CCCCC(=O)N(Cc1ccc(-c2ccccc2-c2nn[nH]n2)cc1)[C@H](C=O)C(C)C. The number of aldehydes is 1. The number of benzene rings is 2. The quantitative estimate of drug-likeness (QED) is 0.495. The number of amides is 1. The number of rotatable bonds is 10. The fourth-order valence-corrected chi connectivity index (χ4v) is 3.61. The Morgan fingerprint density at radius 1 is 1.10 bits per heavy atom. The second kappa shape index (κ2) is 10.6. The molecule has 0 spiro atoms. The Morgan fingerprint density at radius 3 is 2.39 bits per heavy atom. The molecule has 0 unspecified atom stereocenters. The van der Waals surface area contributed by atoms with Crippen LogP contribution in [0.15, 0.2) is 48.5 Å². The van der Waals surface area contributed by atoms with Crippen molar-refractivity contribution in [2.75, 3.05) is 0 Å². The van der Waals surface area contributed by atoms with E-state index in [1.165, 1.54) is 0 Å². The number of hydrogen-bond donors (Lipinski definition) is 1. The molecule has 0 aliphatic carbocycles. The second-order valence-electron chi connectivity index (χ2n) is 7.97. The third kappa shape index (κ3) is 5.42. The van der Waals surface area contributed by atoms with Crippen molar-refractivity contribution in [3.8, 4) is 22.5 Å². The summed E-state index contributed by atoms with van der Waals surface area (Å²) in [7, 11) is 0. The van der Waals surface area contributed by atoms with Gasteiger partial charge in [-0.05, 0) is 34.2 Å². The summed E-state index contributed by atoms with van der Waals surface area (Å²) >= 11 is 0. The molecule has 0 bridgehead atoms. The summed E-state index contributed by atoms with van der Waals surface area (Å²) in [5, 5.41) is 14.3. The van der Waals surface area contributed by atoms with Crippen LogP contribution in [0.4, 0.5) is 0 Å². The Kier molecular flexibility index (Phi) is 7.65. The third-order valence-electron chi connectivity index (χ3n) is 5.38. The molecule has 0 fully saturated rings. The van der Waals surface area contributed by atoms with Crippen LogP contribution < -0.4 is 0 Å². The van der Waals surface area contributed by atoms with Crippen LogP contribution in [-0.2, 0) is 16.1 Å². The van der Waals surface area contributed by atoms with Crippen LogP contribution in [0.2, 0.25) is 0 Å². The van der Waals surface area contributed by atoms with E-state index in [9.17, 15) is 9.59 Å². The zero-order valence-corrected chi connectivity index (χ0v) is 18.3. The molecule has 1 amide bonds. The monoisotopic (exact) mass is 419 g/mol. The van der Waals surface area contributed by atoms with Gasteiger partial charge in [-0.2, -0.15) is 5.21 Å². The molecule has 3 aromatic rings. The summed E-state index contributed by atoms with van der Waals surface area (Å²) in [6.07, 6.45) is 3.13. The minimum Gasteiger partial charge on any atom is -0.328 e. The zero-order chi connectivity index (χ0) is 22.2. The molecule has 162 valence electrons. The van der Waals surface area contributed by atoms with Crippen molar-refractivity contribution in [3.63, 3.8) is 0 Å². The van der Waals surface area contributed by atoms with E-state index in [1.807, 2.05) is 62.4 Å². The molecule has 1 heterocycles. The maximum absolute atomic E-state index is 12.8. The molecule has 0 aliphatic heterocycles. The van der Waals surface area contributed by atoms with Crippen LogP contribution >= 0.6 is 0 Å². The first-order valence-corrected chi connectivity index (χ1v) is 10.7. The standard InChI is InChI=1S/C24H29N5O2/c1-4-5-10-23(31)29(22(16-30)17(2)3)15-18-11-13-19(14-12-18)20-8-6-7-9-21(20)24-25-27-28-26-24/h6-9,11-14,16-17,22H,4-5,10,15H2,1-3H3,(H,25,26,27,28)/t22-/m1/s1. The number of carbonyl (C=O) groups excluding carboxylic acids is 2. The van der Waals surface area contributed by atoms with Gasteiger partial charge in [0, 0.05) is 18.5 Å². The number of nitrogens with zero attached hydrogens (tertiary/aromatic N) is 4. The number of aromatic amines is 1.